The summed E-state index contributed by atoms with van der Waals surface area (Å²) < 4.78 is 49.8. The van der Waals surface area contributed by atoms with Gasteiger partial charge in [-0.25, -0.2) is 15.0 Å². The van der Waals surface area contributed by atoms with Crippen molar-refractivity contribution in [2.45, 2.75) is 55.3 Å². The molecular weight excluding hydrogens is 399 g/mol. The third-order valence-corrected chi connectivity index (χ3v) is 6.55. The fourth-order valence-corrected chi connectivity index (χ4v) is 5.07. The SMILES string of the molecule is Nc1ncc(-c2cn(C34CC(c5cnco5)(C3)C4)c(C3CC3)n2)cc1OC(F)(F)F. The molecule has 0 radical (unpaired) electrons. The van der Waals surface area contributed by atoms with Crippen molar-refractivity contribution in [3.05, 3.63) is 42.6 Å². The zero-order valence-electron chi connectivity index (χ0n) is 15.8. The highest BCUT2D eigenvalue weighted by atomic mass is 19.4. The van der Waals surface area contributed by atoms with Crippen molar-refractivity contribution in [1.82, 2.24) is 19.5 Å². The first-order valence-electron chi connectivity index (χ1n) is 9.77. The van der Waals surface area contributed by atoms with Gasteiger partial charge in [0.05, 0.1) is 11.9 Å². The zero-order chi connectivity index (χ0) is 20.7. The molecule has 2 N–H and O–H groups in total. The van der Waals surface area contributed by atoms with Gasteiger partial charge in [0.15, 0.2) is 18.0 Å². The van der Waals surface area contributed by atoms with Gasteiger partial charge < -0.3 is 19.5 Å². The summed E-state index contributed by atoms with van der Waals surface area (Å²) in [5.41, 5.74) is 6.63. The minimum atomic E-state index is -4.84. The molecular formula is C20H18F3N5O2. The number of nitrogen functional groups attached to an aromatic ring is 1. The van der Waals surface area contributed by atoms with Crippen molar-refractivity contribution in [3.8, 4) is 17.0 Å². The summed E-state index contributed by atoms with van der Waals surface area (Å²) in [7, 11) is 0. The molecule has 0 amide bonds. The van der Waals surface area contributed by atoms with E-state index in [1.165, 1.54) is 18.7 Å². The van der Waals surface area contributed by atoms with Gasteiger partial charge in [0.25, 0.3) is 0 Å². The van der Waals surface area contributed by atoms with E-state index >= 15 is 0 Å². The number of oxazole rings is 1. The third-order valence-electron chi connectivity index (χ3n) is 6.55. The molecule has 0 aliphatic heterocycles. The molecule has 10 heteroatoms. The molecule has 4 aliphatic carbocycles. The van der Waals surface area contributed by atoms with E-state index in [2.05, 4.69) is 19.3 Å². The van der Waals surface area contributed by atoms with Crippen LogP contribution in [0.3, 0.4) is 0 Å². The van der Waals surface area contributed by atoms with Crippen molar-refractivity contribution in [1.29, 1.82) is 0 Å². The number of halogens is 3. The average Bonchev–Trinajstić information content (AvgIpc) is 3.12. The lowest BCUT2D eigenvalue weighted by Gasteiger charge is -2.70. The quantitative estimate of drug-likeness (QED) is 0.671. The van der Waals surface area contributed by atoms with Gasteiger partial charge in [-0.05, 0) is 38.2 Å². The number of anilines is 1. The van der Waals surface area contributed by atoms with Crippen molar-refractivity contribution < 1.29 is 22.3 Å². The molecule has 2 bridgehead atoms. The molecule has 156 valence electrons. The van der Waals surface area contributed by atoms with E-state index in [4.69, 9.17) is 15.1 Å². The number of hydrogen-bond donors (Lipinski definition) is 1. The summed E-state index contributed by atoms with van der Waals surface area (Å²) in [6.45, 7) is 0. The summed E-state index contributed by atoms with van der Waals surface area (Å²) in [6.07, 6.45) is 6.77. The van der Waals surface area contributed by atoms with E-state index in [0.29, 0.717) is 17.2 Å². The van der Waals surface area contributed by atoms with Crippen molar-refractivity contribution in [2.24, 2.45) is 0 Å². The number of hydrogen-bond acceptors (Lipinski definition) is 6. The minimum absolute atomic E-state index is 0.0114. The van der Waals surface area contributed by atoms with Crippen LogP contribution in [0.25, 0.3) is 11.3 Å². The summed E-state index contributed by atoms with van der Waals surface area (Å²) in [6, 6.07) is 1.25. The fraction of sp³-hybridized carbons (Fsp3) is 0.450. The minimum Gasteiger partial charge on any atom is -0.448 e. The van der Waals surface area contributed by atoms with Crippen molar-refractivity contribution >= 4 is 5.82 Å². The zero-order valence-corrected chi connectivity index (χ0v) is 15.8. The van der Waals surface area contributed by atoms with Crippen LogP contribution in [-0.2, 0) is 11.0 Å². The molecule has 30 heavy (non-hydrogen) atoms. The average molecular weight is 417 g/mol. The number of nitrogens with two attached hydrogens (primary N) is 1. The summed E-state index contributed by atoms with van der Waals surface area (Å²) in [5.74, 6) is 1.48. The van der Waals surface area contributed by atoms with E-state index in [-0.39, 0.29) is 16.8 Å². The van der Waals surface area contributed by atoms with Gasteiger partial charge >= 0.3 is 6.36 Å². The Kier molecular flexibility index (Phi) is 3.29. The summed E-state index contributed by atoms with van der Waals surface area (Å²) in [4.78, 5) is 12.7. The van der Waals surface area contributed by atoms with Gasteiger partial charge in [-0.3, -0.25) is 0 Å². The van der Waals surface area contributed by atoms with Crippen LogP contribution in [0.4, 0.5) is 19.0 Å². The Balaban J connectivity index is 1.33. The number of ether oxygens (including phenoxy) is 1. The first-order valence-corrected chi connectivity index (χ1v) is 9.77. The smallest absolute Gasteiger partial charge is 0.448 e. The lowest BCUT2D eigenvalue weighted by atomic mass is 9.38. The predicted octanol–water partition coefficient (Wildman–Crippen LogP) is 4.12. The number of rotatable bonds is 5. The van der Waals surface area contributed by atoms with Gasteiger partial charge in [0.1, 0.15) is 11.6 Å². The maximum absolute atomic E-state index is 12.7. The Morgan fingerprint density at radius 1 is 1.20 bits per heavy atom. The van der Waals surface area contributed by atoms with Gasteiger partial charge in [0.2, 0.25) is 0 Å². The Morgan fingerprint density at radius 3 is 2.60 bits per heavy atom. The van der Waals surface area contributed by atoms with Crippen LogP contribution in [0.5, 0.6) is 5.75 Å². The van der Waals surface area contributed by atoms with Crippen LogP contribution in [0.1, 0.15) is 49.6 Å². The van der Waals surface area contributed by atoms with Gasteiger partial charge in [-0.15, -0.1) is 13.2 Å². The highest BCUT2D eigenvalue weighted by molar-refractivity contribution is 5.64. The first kappa shape index (κ1) is 17.8. The van der Waals surface area contributed by atoms with E-state index in [1.54, 1.807) is 6.20 Å². The maximum Gasteiger partial charge on any atom is 0.573 e. The number of aromatic nitrogens is 4. The lowest BCUT2D eigenvalue weighted by Crippen LogP contribution is -2.70. The van der Waals surface area contributed by atoms with Gasteiger partial charge in [0, 0.05) is 34.8 Å². The molecule has 0 unspecified atom stereocenters. The molecule has 4 saturated carbocycles. The van der Waals surface area contributed by atoms with E-state index in [1.807, 2.05) is 6.20 Å². The summed E-state index contributed by atoms with van der Waals surface area (Å²) in [5, 5.41) is 0. The second kappa shape index (κ2) is 5.55. The van der Waals surface area contributed by atoms with Gasteiger partial charge in [-0.2, -0.15) is 0 Å². The van der Waals surface area contributed by atoms with Crippen molar-refractivity contribution in [2.75, 3.05) is 5.73 Å². The summed E-state index contributed by atoms with van der Waals surface area (Å²) >= 11 is 0. The second-order valence-electron chi connectivity index (χ2n) is 8.68. The Morgan fingerprint density at radius 2 is 1.97 bits per heavy atom. The predicted molar refractivity (Wildman–Crippen MR) is 98.5 cm³/mol. The van der Waals surface area contributed by atoms with Crippen LogP contribution in [0, 0.1) is 0 Å². The molecule has 4 aliphatic rings. The van der Waals surface area contributed by atoms with Crippen molar-refractivity contribution in [3.63, 3.8) is 0 Å². The molecule has 4 fully saturated rings. The highest BCUT2D eigenvalue weighted by Gasteiger charge is 2.71. The van der Waals surface area contributed by atoms with E-state index in [0.717, 1.165) is 43.7 Å². The fourth-order valence-electron chi connectivity index (χ4n) is 5.07. The molecule has 0 aromatic carbocycles. The molecule has 0 spiro atoms. The second-order valence-corrected chi connectivity index (χ2v) is 8.68. The molecule has 3 aromatic rings. The Bertz CT molecular complexity index is 1110. The molecule has 3 aromatic heterocycles. The van der Waals surface area contributed by atoms with Crippen LogP contribution < -0.4 is 10.5 Å². The Hall–Kier alpha value is -3.04. The van der Waals surface area contributed by atoms with E-state index < -0.39 is 12.1 Å². The van der Waals surface area contributed by atoms with Gasteiger partial charge in [-0.1, -0.05) is 0 Å². The standard InChI is InChI=1S/C20H18F3N5O2/c21-20(22,23)30-14-3-12(4-26-16(14)24)13-6-28(17(27-13)11-1-2-11)19-7-18(8-19,9-19)15-5-25-10-29-15/h3-6,10-11H,1-2,7-9H2,(H2,24,26). The third kappa shape index (κ3) is 2.55. The van der Waals surface area contributed by atoms with Crippen LogP contribution >= 0.6 is 0 Å². The van der Waals surface area contributed by atoms with Crippen LogP contribution in [0.2, 0.25) is 0 Å². The number of imidazole rings is 1. The number of pyridine rings is 1. The van der Waals surface area contributed by atoms with Crippen LogP contribution in [0.15, 0.2) is 35.5 Å². The maximum atomic E-state index is 12.7. The number of nitrogens with zero attached hydrogens (tertiary/aromatic N) is 4. The monoisotopic (exact) mass is 417 g/mol. The topological polar surface area (TPSA) is 92.0 Å². The normalized spacial score (nSPS) is 27.4. The number of alkyl halides is 3. The highest BCUT2D eigenvalue weighted by Crippen LogP contribution is 2.72. The Labute approximate surface area is 169 Å². The molecule has 3 heterocycles. The molecule has 0 saturated heterocycles. The molecule has 7 rings (SSSR count). The largest absolute Gasteiger partial charge is 0.573 e. The lowest BCUT2D eigenvalue weighted by molar-refractivity contribution is -0.274. The first-order chi connectivity index (χ1) is 14.3. The molecule has 0 atom stereocenters. The molecule has 7 nitrogen and oxygen atoms in total. The van der Waals surface area contributed by atoms with E-state index in [9.17, 15) is 13.2 Å². The van der Waals surface area contributed by atoms with Crippen LogP contribution in [-0.4, -0.2) is 25.9 Å².